The summed E-state index contributed by atoms with van der Waals surface area (Å²) in [4.78, 5) is 11.9. The zero-order valence-electron chi connectivity index (χ0n) is 19.2. The fraction of sp³-hybridized carbons (Fsp3) is 0.185. The standard InChI is InChI=1S/C27H23N5O3/c1-18-22(15-28)27(33)30-29-23(18)10-8-21-17-32(16-19-6-3-2-4-7-19)31-26(21)20-9-11-24-25(14-20)35-13-5-12-34-24/h2-4,6-11,14,17H,5,12-13,16H2,1H3,(H,30,33)/b10-8+. The molecule has 8 nitrogen and oxygen atoms in total. The zero-order chi connectivity index (χ0) is 24.2. The molecular formula is C27H23N5O3. The highest BCUT2D eigenvalue weighted by Crippen LogP contribution is 2.35. The van der Waals surface area contributed by atoms with E-state index in [1.54, 1.807) is 13.0 Å². The summed E-state index contributed by atoms with van der Waals surface area (Å²) in [5.41, 5.74) is 4.27. The van der Waals surface area contributed by atoms with E-state index in [0.29, 0.717) is 36.8 Å². The van der Waals surface area contributed by atoms with Crippen LogP contribution in [-0.2, 0) is 6.54 Å². The molecule has 0 aliphatic carbocycles. The van der Waals surface area contributed by atoms with Crippen LogP contribution in [0.3, 0.4) is 0 Å². The second kappa shape index (κ2) is 9.69. The van der Waals surface area contributed by atoms with Crippen molar-refractivity contribution in [1.82, 2.24) is 20.0 Å². The Bertz CT molecular complexity index is 1500. The van der Waals surface area contributed by atoms with Gasteiger partial charge in [-0.05, 0) is 48.4 Å². The van der Waals surface area contributed by atoms with Crippen LogP contribution in [-0.4, -0.2) is 33.2 Å². The van der Waals surface area contributed by atoms with Crippen molar-refractivity contribution in [2.45, 2.75) is 19.9 Å². The van der Waals surface area contributed by atoms with Gasteiger partial charge in [-0.15, -0.1) is 0 Å². The number of nitrogens with one attached hydrogen (secondary N) is 1. The van der Waals surface area contributed by atoms with Gasteiger partial charge >= 0.3 is 0 Å². The first-order valence-electron chi connectivity index (χ1n) is 11.3. The SMILES string of the molecule is Cc1c(/C=C/c2cn(Cc3ccccc3)nc2-c2ccc3c(c2)OCCCO3)n[nH]c(=O)c1C#N. The number of fused-ring (bicyclic) bond motifs is 1. The molecule has 8 heteroatoms. The average molecular weight is 466 g/mol. The smallest absolute Gasteiger partial charge is 0.282 e. The Morgan fingerprint density at radius 3 is 2.71 bits per heavy atom. The van der Waals surface area contributed by atoms with Crippen molar-refractivity contribution >= 4 is 12.2 Å². The minimum absolute atomic E-state index is 0.0579. The third-order valence-corrected chi connectivity index (χ3v) is 5.80. The van der Waals surface area contributed by atoms with Gasteiger partial charge in [-0.1, -0.05) is 30.3 Å². The topological polar surface area (TPSA) is 106 Å². The molecule has 2 aromatic heterocycles. The van der Waals surface area contributed by atoms with Crippen LogP contribution in [0.1, 0.15) is 34.4 Å². The first-order valence-corrected chi connectivity index (χ1v) is 11.3. The van der Waals surface area contributed by atoms with Gasteiger partial charge in [0.2, 0.25) is 0 Å². The molecule has 0 unspecified atom stereocenters. The van der Waals surface area contributed by atoms with E-state index in [9.17, 15) is 10.1 Å². The fourth-order valence-electron chi connectivity index (χ4n) is 3.96. The maximum atomic E-state index is 11.9. The van der Waals surface area contributed by atoms with Gasteiger partial charge in [0.05, 0.1) is 31.1 Å². The summed E-state index contributed by atoms with van der Waals surface area (Å²) >= 11 is 0. The van der Waals surface area contributed by atoms with Crippen molar-refractivity contribution in [3.63, 3.8) is 0 Å². The molecule has 1 N–H and O–H groups in total. The van der Waals surface area contributed by atoms with Gasteiger partial charge in [0.25, 0.3) is 5.56 Å². The predicted molar refractivity (Wildman–Crippen MR) is 132 cm³/mol. The highest BCUT2D eigenvalue weighted by atomic mass is 16.5. The number of aromatic nitrogens is 4. The number of ether oxygens (including phenoxy) is 2. The summed E-state index contributed by atoms with van der Waals surface area (Å²) in [6, 6.07) is 17.9. The lowest BCUT2D eigenvalue weighted by atomic mass is 10.1. The quantitative estimate of drug-likeness (QED) is 0.474. The fourth-order valence-corrected chi connectivity index (χ4v) is 3.96. The van der Waals surface area contributed by atoms with E-state index >= 15 is 0 Å². The Balaban J connectivity index is 1.56. The van der Waals surface area contributed by atoms with Gasteiger partial charge in [-0.2, -0.15) is 15.5 Å². The van der Waals surface area contributed by atoms with Crippen molar-refractivity contribution in [3.8, 4) is 28.8 Å². The minimum atomic E-state index is -0.495. The normalized spacial score (nSPS) is 12.9. The lowest BCUT2D eigenvalue weighted by Crippen LogP contribution is -2.15. The van der Waals surface area contributed by atoms with Crippen molar-refractivity contribution in [2.75, 3.05) is 13.2 Å². The molecule has 0 spiro atoms. The van der Waals surface area contributed by atoms with Gasteiger partial charge in [0.15, 0.2) is 11.5 Å². The average Bonchev–Trinajstić information content (AvgIpc) is 3.11. The molecule has 4 aromatic rings. The number of nitriles is 1. The van der Waals surface area contributed by atoms with Gasteiger partial charge in [0.1, 0.15) is 11.6 Å². The summed E-state index contributed by atoms with van der Waals surface area (Å²) < 4.78 is 13.5. The Morgan fingerprint density at radius 2 is 1.91 bits per heavy atom. The summed E-state index contributed by atoms with van der Waals surface area (Å²) in [6.45, 7) is 3.55. The number of H-pyrrole nitrogens is 1. The van der Waals surface area contributed by atoms with E-state index in [0.717, 1.165) is 34.6 Å². The van der Waals surface area contributed by atoms with Crippen LogP contribution in [0, 0.1) is 18.3 Å². The Morgan fingerprint density at radius 1 is 1.11 bits per heavy atom. The molecule has 0 saturated carbocycles. The van der Waals surface area contributed by atoms with Crippen LogP contribution in [0.2, 0.25) is 0 Å². The molecule has 0 bridgehead atoms. The lowest BCUT2D eigenvalue weighted by molar-refractivity contribution is 0.297. The molecular weight excluding hydrogens is 442 g/mol. The van der Waals surface area contributed by atoms with Crippen molar-refractivity contribution in [2.24, 2.45) is 0 Å². The largest absolute Gasteiger partial charge is 0.490 e. The Hall–Kier alpha value is -4.64. The van der Waals surface area contributed by atoms with E-state index in [1.165, 1.54) is 0 Å². The number of nitrogens with zero attached hydrogens (tertiary/aromatic N) is 4. The third-order valence-electron chi connectivity index (χ3n) is 5.80. The lowest BCUT2D eigenvalue weighted by Gasteiger charge is -2.09. The predicted octanol–water partition coefficient (Wildman–Crippen LogP) is 4.19. The van der Waals surface area contributed by atoms with E-state index in [-0.39, 0.29) is 5.56 Å². The molecule has 2 aromatic carbocycles. The van der Waals surface area contributed by atoms with Crippen molar-refractivity contribution in [1.29, 1.82) is 5.26 Å². The van der Waals surface area contributed by atoms with Crippen LogP contribution in [0.4, 0.5) is 0 Å². The number of aromatic amines is 1. The van der Waals surface area contributed by atoms with E-state index in [1.807, 2.05) is 59.4 Å². The van der Waals surface area contributed by atoms with Crippen LogP contribution in [0.15, 0.2) is 59.5 Å². The summed E-state index contributed by atoms with van der Waals surface area (Å²) in [5, 5.41) is 20.7. The molecule has 0 atom stereocenters. The minimum Gasteiger partial charge on any atom is -0.490 e. The summed E-state index contributed by atoms with van der Waals surface area (Å²) in [7, 11) is 0. The van der Waals surface area contributed by atoms with E-state index in [4.69, 9.17) is 14.6 Å². The van der Waals surface area contributed by atoms with Gasteiger partial charge in [0, 0.05) is 23.7 Å². The molecule has 0 saturated heterocycles. The maximum absolute atomic E-state index is 11.9. The van der Waals surface area contributed by atoms with Crippen LogP contribution < -0.4 is 15.0 Å². The second-order valence-corrected chi connectivity index (χ2v) is 8.21. The molecule has 0 radical (unpaired) electrons. The molecule has 0 amide bonds. The first-order chi connectivity index (χ1) is 17.1. The van der Waals surface area contributed by atoms with Crippen molar-refractivity contribution < 1.29 is 9.47 Å². The van der Waals surface area contributed by atoms with E-state index in [2.05, 4.69) is 22.3 Å². The number of benzene rings is 2. The van der Waals surface area contributed by atoms with Gasteiger partial charge in [-0.25, -0.2) is 5.10 Å². The second-order valence-electron chi connectivity index (χ2n) is 8.21. The highest BCUT2D eigenvalue weighted by Gasteiger charge is 2.16. The number of rotatable bonds is 5. The molecule has 0 fully saturated rings. The monoisotopic (exact) mass is 465 g/mol. The highest BCUT2D eigenvalue weighted by molar-refractivity contribution is 5.79. The molecule has 1 aliphatic heterocycles. The van der Waals surface area contributed by atoms with Crippen LogP contribution in [0.5, 0.6) is 11.5 Å². The summed E-state index contributed by atoms with van der Waals surface area (Å²) in [5.74, 6) is 1.42. The summed E-state index contributed by atoms with van der Waals surface area (Å²) in [6.07, 6.45) is 6.47. The van der Waals surface area contributed by atoms with Crippen molar-refractivity contribution in [3.05, 3.63) is 93.0 Å². The maximum Gasteiger partial charge on any atom is 0.282 e. The molecule has 1 aliphatic rings. The molecule has 3 heterocycles. The van der Waals surface area contributed by atoms with Gasteiger partial charge < -0.3 is 9.47 Å². The van der Waals surface area contributed by atoms with E-state index < -0.39 is 5.56 Å². The van der Waals surface area contributed by atoms with Crippen LogP contribution >= 0.6 is 0 Å². The number of hydrogen-bond acceptors (Lipinski definition) is 6. The Kier molecular flexibility index (Phi) is 6.14. The van der Waals surface area contributed by atoms with Crippen LogP contribution in [0.25, 0.3) is 23.4 Å². The Labute approximate surface area is 202 Å². The van der Waals surface area contributed by atoms with Gasteiger partial charge in [-0.3, -0.25) is 9.48 Å². The molecule has 5 rings (SSSR count). The third kappa shape index (κ3) is 4.70. The molecule has 174 valence electrons. The number of hydrogen-bond donors (Lipinski definition) is 1. The molecule has 35 heavy (non-hydrogen) atoms. The first kappa shape index (κ1) is 22.2. The zero-order valence-corrected chi connectivity index (χ0v) is 19.2.